The highest BCUT2D eigenvalue weighted by Gasteiger charge is 2.48. The van der Waals surface area contributed by atoms with Crippen LogP contribution in [-0.4, -0.2) is 55.4 Å². The first-order chi connectivity index (χ1) is 18.2. The standard InChI is InChI=1S/C25H28F3N7O3/c1-2-17-16(12-38-33-17)23(36)32-22(21(14-3-4-14)15-5-6-15)18-10-35-20(30-18)7-13(8-29-35)9-34-11-19(25(26,27)28)31-24(34)37/h7-8,10,12,14-15,19,21-22H,2-6,9,11H2,1H3,(H,31,37)(H,32,36)/t19-,22+/m0/s1. The highest BCUT2D eigenvalue weighted by molar-refractivity contribution is 5.95. The van der Waals surface area contributed by atoms with Gasteiger partial charge in [-0.2, -0.15) is 18.3 Å². The van der Waals surface area contributed by atoms with E-state index < -0.39 is 24.8 Å². The summed E-state index contributed by atoms with van der Waals surface area (Å²) in [5.41, 5.74) is 2.74. The number of imidazole rings is 1. The van der Waals surface area contributed by atoms with Crippen molar-refractivity contribution in [1.29, 1.82) is 0 Å². The summed E-state index contributed by atoms with van der Waals surface area (Å²) in [5, 5.41) is 13.5. The van der Waals surface area contributed by atoms with E-state index in [-0.39, 0.29) is 24.4 Å². The predicted octanol–water partition coefficient (Wildman–Crippen LogP) is 3.64. The molecule has 4 heterocycles. The van der Waals surface area contributed by atoms with Gasteiger partial charge in [-0.15, -0.1) is 0 Å². The molecule has 3 aromatic heterocycles. The Morgan fingerprint density at radius 1 is 1.26 bits per heavy atom. The molecule has 0 aromatic carbocycles. The van der Waals surface area contributed by atoms with Crippen LogP contribution < -0.4 is 10.6 Å². The van der Waals surface area contributed by atoms with Gasteiger partial charge in [-0.3, -0.25) is 4.79 Å². The Hall–Kier alpha value is -3.64. The molecule has 0 unspecified atom stereocenters. The van der Waals surface area contributed by atoms with E-state index in [1.165, 1.54) is 12.5 Å². The third-order valence-corrected chi connectivity index (χ3v) is 7.70. The minimum atomic E-state index is -4.51. The van der Waals surface area contributed by atoms with Gasteiger partial charge in [0.1, 0.15) is 17.9 Å². The minimum Gasteiger partial charge on any atom is -0.364 e. The third kappa shape index (κ3) is 4.81. The first-order valence-electron chi connectivity index (χ1n) is 12.9. The number of aryl methyl sites for hydroxylation is 1. The topological polar surface area (TPSA) is 118 Å². The molecule has 38 heavy (non-hydrogen) atoms. The second-order valence-electron chi connectivity index (χ2n) is 10.5. The average molecular weight is 532 g/mol. The molecule has 13 heteroatoms. The van der Waals surface area contributed by atoms with Gasteiger partial charge in [0, 0.05) is 6.54 Å². The Morgan fingerprint density at radius 2 is 2.00 bits per heavy atom. The SMILES string of the molecule is CCc1nocc1C(=O)N[C@H](c1cn2ncc(CN3C[C@@H](C(F)(F)F)NC3=O)cc2n1)C(C1CC1)C1CC1. The van der Waals surface area contributed by atoms with Gasteiger partial charge in [0.2, 0.25) is 0 Å². The van der Waals surface area contributed by atoms with Crippen molar-refractivity contribution >= 4 is 17.6 Å². The van der Waals surface area contributed by atoms with E-state index in [9.17, 15) is 22.8 Å². The quantitative estimate of drug-likeness (QED) is 0.435. The number of nitrogens with zero attached hydrogens (tertiary/aromatic N) is 5. The van der Waals surface area contributed by atoms with Crippen molar-refractivity contribution < 1.29 is 27.3 Å². The van der Waals surface area contributed by atoms with Gasteiger partial charge in [0.15, 0.2) is 5.65 Å². The van der Waals surface area contributed by atoms with E-state index in [1.807, 2.05) is 12.2 Å². The molecule has 202 valence electrons. The monoisotopic (exact) mass is 531 g/mol. The molecule has 1 aliphatic heterocycles. The largest absolute Gasteiger partial charge is 0.410 e. The van der Waals surface area contributed by atoms with Crippen molar-refractivity contribution in [2.24, 2.45) is 17.8 Å². The number of fused-ring (bicyclic) bond motifs is 1. The number of halogens is 3. The lowest BCUT2D eigenvalue weighted by Crippen LogP contribution is -2.40. The zero-order valence-corrected chi connectivity index (χ0v) is 20.7. The van der Waals surface area contributed by atoms with E-state index in [0.29, 0.717) is 46.4 Å². The lowest BCUT2D eigenvalue weighted by Gasteiger charge is -2.27. The number of hydrogen-bond donors (Lipinski definition) is 2. The second-order valence-corrected chi connectivity index (χ2v) is 10.5. The fraction of sp³-hybridized carbons (Fsp3) is 0.560. The Labute approximate surface area is 215 Å². The first-order valence-corrected chi connectivity index (χ1v) is 12.9. The maximum atomic E-state index is 13.3. The number of hydrogen-bond acceptors (Lipinski definition) is 6. The van der Waals surface area contributed by atoms with Gasteiger partial charge in [0.25, 0.3) is 5.91 Å². The zero-order valence-electron chi connectivity index (χ0n) is 20.7. The Bertz CT molecular complexity index is 1350. The fourth-order valence-corrected chi connectivity index (χ4v) is 5.48. The lowest BCUT2D eigenvalue weighted by atomic mass is 9.87. The molecule has 2 N–H and O–H groups in total. The van der Waals surface area contributed by atoms with Crippen LogP contribution in [0.3, 0.4) is 0 Å². The van der Waals surface area contributed by atoms with Crippen LogP contribution in [0.1, 0.15) is 66.0 Å². The molecule has 3 aromatic rings. The Balaban J connectivity index is 1.26. The highest BCUT2D eigenvalue weighted by atomic mass is 19.4. The first kappa shape index (κ1) is 24.7. The van der Waals surface area contributed by atoms with Crippen molar-refractivity contribution in [3.8, 4) is 0 Å². The van der Waals surface area contributed by atoms with E-state index in [0.717, 1.165) is 30.6 Å². The van der Waals surface area contributed by atoms with Crippen LogP contribution in [0.4, 0.5) is 18.0 Å². The summed E-state index contributed by atoms with van der Waals surface area (Å²) in [6.07, 6.45) is 5.21. The summed E-state index contributed by atoms with van der Waals surface area (Å²) >= 11 is 0. The maximum absolute atomic E-state index is 13.3. The van der Waals surface area contributed by atoms with Gasteiger partial charge in [0.05, 0.1) is 36.4 Å². The molecular weight excluding hydrogens is 503 g/mol. The highest BCUT2D eigenvalue weighted by Crippen LogP contribution is 2.54. The number of rotatable bonds is 9. The molecule has 2 aliphatic carbocycles. The molecule has 0 spiro atoms. The summed E-state index contributed by atoms with van der Waals surface area (Å²) in [6, 6.07) is -1.28. The maximum Gasteiger partial charge on any atom is 0.410 e. The molecule has 1 saturated heterocycles. The summed E-state index contributed by atoms with van der Waals surface area (Å²) in [5.74, 6) is 1.03. The number of amides is 3. The number of alkyl halides is 3. The summed E-state index contributed by atoms with van der Waals surface area (Å²) in [7, 11) is 0. The molecule has 3 aliphatic rings. The summed E-state index contributed by atoms with van der Waals surface area (Å²) < 4.78 is 45.7. The average Bonchev–Trinajstić information content (AvgIpc) is 3.76. The van der Waals surface area contributed by atoms with Crippen molar-refractivity contribution in [2.45, 2.75) is 63.8 Å². The Morgan fingerprint density at radius 3 is 2.63 bits per heavy atom. The van der Waals surface area contributed by atoms with Gasteiger partial charge >= 0.3 is 12.2 Å². The van der Waals surface area contributed by atoms with E-state index in [4.69, 9.17) is 9.51 Å². The minimum absolute atomic E-state index is 0.0235. The molecule has 0 bridgehead atoms. The number of carbonyl (C=O) groups is 2. The van der Waals surface area contributed by atoms with Gasteiger partial charge in [-0.1, -0.05) is 12.1 Å². The number of aromatic nitrogens is 4. The molecule has 2 saturated carbocycles. The number of carbonyl (C=O) groups excluding carboxylic acids is 2. The fourth-order valence-electron chi connectivity index (χ4n) is 5.48. The van der Waals surface area contributed by atoms with E-state index >= 15 is 0 Å². The van der Waals surface area contributed by atoms with Gasteiger partial charge in [-0.05, 0) is 61.5 Å². The van der Waals surface area contributed by atoms with Gasteiger partial charge in [-0.25, -0.2) is 14.3 Å². The normalized spacial score (nSPS) is 20.8. The van der Waals surface area contributed by atoms with Crippen molar-refractivity contribution in [3.63, 3.8) is 0 Å². The second kappa shape index (κ2) is 9.28. The number of urea groups is 1. The van der Waals surface area contributed by atoms with E-state index in [2.05, 4.69) is 15.6 Å². The summed E-state index contributed by atoms with van der Waals surface area (Å²) in [4.78, 5) is 31.2. The van der Waals surface area contributed by atoms with Gasteiger partial charge < -0.3 is 20.1 Å². The molecule has 3 amide bonds. The van der Waals surface area contributed by atoms with Crippen LogP contribution >= 0.6 is 0 Å². The lowest BCUT2D eigenvalue weighted by molar-refractivity contribution is -0.149. The molecular formula is C25H28F3N7O3. The van der Waals surface area contributed by atoms with Crippen LogP contribution in [0.15, 0.2) is 29.2 Å². The molecule has 0 radical (unpaired) electrons. The molecule has 3 fully saturated rings. The van der Waals surface area contributed by atoms with Crippen molar-refractivity contribution in [1.82, 2.24) is 35.3 Å². The van der Waals surface area contributed by atoms with Crippen molar-refractivity contribution in [2.75, 3.05) is 6.54 Å². The van der Waals surface area contributed by atoms with E-state index in [1.54, 1.807) is 16.8 Å². The van der Waals surface area contributed by atoms with Crippen LogP contribution in [0.2, 0.25) is 0 Å². The van der Waals surface area contributed by atoms with Crippen LogP contribution in [0, 0.1) is 17.8 Å². The van der Waals surface area contributed by atoms with Crippen molar-refractivity contribution in [3.05, 3.63) is 47.2 Å². The van der Waals surface area contributed by atoms with Crippen LogP contribution in [0.25, 0.3) is 5.65 Å². The van der Waals surface area contributed by atoms with Crippen LogP contribution in [0.5, 0.6) is 0 Å². The predicted molar refractivity (Wildman–Crippen MR) is 127 cm³/mol. The third-order valence-electron chi connectivity index (χ3n) is 7.70. The molecule has 6 rings (SSSR count). The molecule has 10 nitrogen and oxygen atoms in total. The number of nitrogens with one attached hydrogen (secondary N) is 2. The van der Waals surface area contributed by atoms with Crippen LogP contribution in [-0.2, 0) is 13.0 Å². The Kier molecular flexibility index (Phi) is 6.03. The zero-order chi connectivity index (χ0) is 26.6. The molecule has 2 atom stereocenters. The summed E-state index contributed by atoms with van der Waals surface area (Å²) in [6.45, 7) is 1.42. The smallest absolute Gasteiger partial charge is 0.364 e.